The lowest BCUT2D eigenvalue weighted by Crippen LogP contribution is -2.51. The van der Waals surface area contributed by atoms with Crippen LogP contribution in [0.3, 0.4) is 0 Å². The fourth-order valence-corrected chi connectivity index (χ4v) is 5.47. The Morgan fingerprint density at radius 3 is 2.64 bits per heavy atom. The number of hydrogen-bond donors (Lipinski definition) is 1. The average molecular weight is 642 g/mol. The smallest absolute Gasteiger partial charge is 0.451 e. The molecule has 1 N–H and O–H groups in total. The van der Waals surface area contributed by atoms with Crippen LogP contribution in [0.15, 0.2) is 42.7 Å². The molecule has 1 saturated carbocycles. The first-order chi connectivity index (χ1) is 21.5. The fourth-order valence-electron chi connectivity index (χ4n) is 5.31. The number of piperazine rings is 1. The highest BCUT2D eigenvalue weighted by molar-refractivity contribution is 6.30. The number of nitriles is 1. The van der Waals surface area contributed by atoms with Crippen molar-refractivity contribution < 1.29 is 22.3 Å². The molecule has 2 fully saturated rings. The summed E-state index contributed by atoms with van der Waals surface area (Å²) >= 11 is 5.83. The van der Waals surface area contributed by atoms with Crippen LogP contribution >= 0.6 is 11.6 Å². The van der Waals surface area contributed by atoms with E-state index in [1.807, 2.05) is 5.10 Å². The van der Waals surface area contributed by atoms with Gasteiger partial charge in [-0.3, -0.25) is 15.0 Å². The zero-order chi connectivity index (χ0) is 31.8. The molecule has 0 bridgehead atoms. The molecule has 1 aliphatic carbocycles. The molecule has 1 atom stereocenters. The van der Waals surface area contributed by atoms with Gasteiger partial charge >= 0.3 is 12.2 Å². The normalized spacial score (nSPS) is 18.1. The van der Waals surface area contributed by atoms with Crippen LogP contribution in [-0.2, 0) is 25.7 Å². The Hall–Kier alpha value is -4.35. The molecule has 3 aromatic heterocycles. The maximum Gasteiger partial charge on any atom is 0.451 e. The number of hydrogen-bond acceptors (Lipinski definition) is 9. The highest BCUT2D eigenvalue weighted by Crippen LogP contribution is 2.48. The van der Waals surface area contributed by atoms with Crippen LogP contribution < -0.4 is 9.64 Å². The number of alkyl halides is 3. The van der Waals surface area contributed by atoms with Crippen LogP contribution in [-0.4, -0.2) is 60.7 Å². The molecule has 1 saturated heterocycles. The summed E-state index contributed by atoms with van der Waals surface area (Å²) in [5.74, 6) is -1.06. The van der Waals surface area contributed by atoms with Gasteiger partial charge < -0.3 is 9.64 Å². The van der Waals surface area contributed by atoms with Crippen molar-refractivity contribution in [3.8, 4) is 23.5 Å². The fraction of sp³-hybridized carbons (Fsp3) is 0.400. The first-order valence-corrected chi connectivity index (χ1v) is 14.7. The molecular formula is C30H28ClF4N9O. The predicted molar refractivity (Wildman–Crippen MR) is 155 cm³/mol. The highest BCUT2D eigenvalue weighted by atomic mass is 35.5. The topological polar surface area (TPSA) is 120 Å². The number of H-pyrrole nitrogens is 1. The molecule has 4 heterocycles. The Morgan fingerprint density at radius 2 is 1.96 bits per heavy atom. The van der Waals surface area contributed by atoms with Gasteiger partial charge in [-0.2, -0.15) is 28.5 Å². The van der Waals surface area contributed by atoms with Gasteiger partial charge in [0.2, 0.25) is 5.82 Å². The Bertz CT molecular complexity index is 1740. The lowest BCUT2D eigenvalue weighted by Gasteiger charge is -2.40. The van der Waals surface area contributed by atoms with Crippen LogP contribution in [0.4, 0.5) is 23.4 Å². The maximum absolute atomic E-state index is 14.1. The number of aromatic nitrogens is 6. The lowest BCUT2D eigenvalue weighted by molar-refractivity contribution is -0.144. The molecule has 0 radical (unpaired) electrons. The number of ether oxygens (including phenoxy) is 1. The minimum absolute atomic E-state index is 0.0441. The summed E-state index contributed by atoms with van der Waals surface area (Å²) in [5, 5.41) is 15.7. The minimum Gasteiger partial charge on any atom is -0.458 e. The number of pyridine rings is 1. The van der Waals surface area contributed by atoms with E-state index in [0.29, 0.717) is 54.6 Å². The van der Waals surface area contributed by atoms with Crippen molar-refractivity contribution >= 4 is 17.4 Å². The van der Waals surface area contributed by atoms with Crippen molar-refractivity contribution in [3.63, 3.8) is 0 Å². The summed E-state index contributed by atoms with van der Waals surface area (Å²) in [6, 6.07) is 10.5. The predicted octanol–water partition coefficient (Wildman–Crippen LogP) is 5.60. The van der Waals surface area contributed by atoms with Crippen LogP contribution in [0.25, 0.3) is 11.4 Å². The van der Waals surface area contributed by atoms with E-state index in [0.717, 1.165) is 24.1 Å². The first-order valence-electron chi connectivity index (χ1n) is 14.3. The van der Waals surface area contributed by atoms with Crippen molar-refractivity contribution in [2.75, 3.05) is 24.5 Å². The van der Waals surface area contributed by atoms with E-state index in [2.05, 4.69) is 47.8 Å². The third-order valence-electron chi connectivity index (χ3n) is 8.12. The monoisotopic (exact) mass is 641 g/mol. The summed E-state index contributed by atoms with van der Waals surface area (Å²) in [4.78, 5) is 21.3. The number of rotatable bonds is 9. The average Bonchev–Trinajstić information content (AvgIpc) is 3.59. The Labute approximate surface area is 261 Å². The number of nitrogens with zero attached hydrogens (tertiary/aromatic N) is 8. The van der Waals surface area contributed by atoms with Crippen molar-refractivity contribution in [1.82, 2.24) is 35.0 Å². The van der Waals surface area contributed by atoms with Crippen LogP contribution in [0.1, 0.15) is 42.4 Å². The molecule has 234 valence electrons. The van der Waals surface area contributed by atoms with Crippen molar-refractivity contribution in [2.45, 2.75) is 51.6 Å². The molecule has 45 heavy (non-hydrogen) atoms. The maximum atomic E-state index is 14.1. The van der Waals surface area contributed by atoms with Crippen molar-refractivity contribution in [1.29, 1.82) is 5.26 Å². The van der Waals surface area contributed by atoms with Crippen LogP contribution in [0, 0.1) is 22.6 Å². The zero-order valence-electron chi connectivity index (χ0n) is 24.2. The lowest BCUT2D eigenvalue weighted by atomic mass is 9.95. The number of nitrogens with one attached hydrogen (secondary N) is 1. The highest BCUT2D eigenvalue weighted by Gasteiger charge is 2.44. The second-order valence-electron chi connectivity index (χ2n) is 11.4. The van der Waals surface area contributed by atoms with Gasteiger partial charge in [-0.1, -0.05) is 17.7 Å². The number of halogens is 5. The van der Waals surface area contributed by atoms with Crippen molar-refractivity contribution in [3.05, 3.63) is 76.2 Å². The standard InChI is InChI=1S/C30H28ClF4N9O/c1-18-14-44(25-4-7-37-28(39-25)45-16-19-2-3-22(31)11-23(19)32)9-8-43(18)15-24-20(12-29(17-36)5-6-29)10-21(13-38-24)26-40-27(42-41-26)30(33,34)35/h2-4,7,10-11,13,18H,5-6,8-9,12,14-16H2,1H3,(H,40,41,42)/t18-/m0/s1. The van der Waals surface area contributed by atoms with Gasteiger partial charge in [-0.25, -0.2) is 14.4 Å². The van der Waals surface area contributed by atoms with Gasteiger partial charge in [0.15, 0.2) is 5.82 Å². The Balaban J connectivity index is 1.14. The molecule has 1 aliphatic heterocycles. The molecule has 0 amide bonds. The quantitative estimate of drug-likeness (QED) is 0.233. The van der Waals surface area contributed by atoms with E-state index in [9.17, 15) is 22.8 Å². The van der Waals surface area contributed by atoms with Gasteiger partial charge in [0.25, 0.3) is 0 Å². The summed E-state index contributed by atoms with van der Waals surface area (Å²) in [7, 11) is 0. The molecule has 2 aliphatic rings. The molecule has 6 rings (SSSR count). The van der Waals surface area contributed by atoms with E-state index in [-0.39, 0.29) is 24.5 Å². The second kappa shape index (κ2) is 12.2. The summed E-state index contributed by atoms with van der Waals surface area (Å²) in [6.07, 6.45) is 0.414. The molecule has 15 heteroatoms. The zero-order valence-corrected chi connectivity index (χ0v) is 24.9. The summed E-state index contributed by atoms with van der Waals surface area (Å²) in [6.45, 7) is 4.52. The SMILES string of the molecule is C[C@H]1CN(c2ccnc(OCc3ccc(Cl)cc3F)n2)CCN1Cc1ncc(-c2n[nH]c(C(F)(F)F)n2)cc1CC1(C#N)CC1. The van der Waals surface area contributed by atoms with Crippen LogP contribution in [0.2, 0.25) is 5.02 Å². The molecule has 0 spiro atoms. The van der Waals surface area contributed by atoms with Gasteiger partial charge in [0, 0.05) is 60.8 Å². The van der Waals surface area contributed by atoms with Gasteiger partial charge in [-0.15, -0.1) is 0 Å². The molecular weight excluding hydrogens is 614 g/mol. The summed E-state index contributed by atoms with van der Waals surface area (Å²) in [5.41, 5.74) is 1.77. The van der Waals surface area contributed by atoms with E-state index < -0.39 is 23.2 Å². The third kappa shape index (κ3) is 6.99. The van der Waals surface area contributed by atoms with Gasteiger partial charge in [0.05, 0.1) is 17.2 Å². The van der Waals surface area contributed by atoms with E-state index >= 15 is 0 Å². The second-order valence-corrected chi connectivity index (χ2v) is 11.8. The largest absolute Gasteiger partial charge is 0.458 e. The number of anilines is 1. The molecule has 4 aromatic rings. The van der Waals surface area contributed by atoms with Crippen LogP contribution in [0.5, 0.6) is 6.01 Å². The van der Waals surface area contributed by atoms with E-state index in [1.54, 1.807) is 30.5 Å². The van der Waals surface area contributed by atoms with Gasteiger partial charge in [0.1, 0.15) is 18.2 Å². The Kier molecular flexibility index (Phi) is 8.32. The minimum atomic E-state index is -4.64. The van der Waals surface area contributed by atoms with Crippen molar-refractivity contribution in [2.24, 2.45) is 5.41 Å². The molecule has 0 unspecified atom stereocenters. The molecule has 10 nitrogen and oxygen atoms in total. The van der Waals surface area contributed by atoms with E-state index in [1.165, 1.54) is 12.3 Å². The third-order valence-corrected chi connectivity index (χ3v) is 8.36. The van der Waals surface area contributed by atoms with Gasteiger partial charge in [-0.05, 0) is 56.0 Å². The number of benzene rings is 1. The first kappa shape index (κ1) is 30.7. The molecule has 1 aromatic carbocycles. The number of aromatic amines is 1. The summed E-state index contributed by atoms with van der Waals surface area (Å²) < 4.78 is 59.1. The Morgan fingerprint density at radius 1 is 1.13 bits per heavy atom. The van der Waals surface area contributed by atoms with E-state index in [4.69, 9.17) is 16.3 Å².